The van der Waals surface area contributed by atoms with Crippen molar-refractivity contribution in [3.63, 3.8) is 0 Å². The topological polar surface area (TPSA) is 127 Å². The van der Waals surface area contributed by atoms with Crippen molar-refractivity contribution in [1.29, 1.82) is 0 Å². The first-order valence-electron chi connectivity index (χ1n) is 9.18. The predicted octanol–water partition coefficient (Wildman–Crippen LogP) is 1.52. The molecule has 11 nitrogen and oxygen atoms in total. The zero-order chi connectivity index (χ0) is 22.2. The maximum Gasteiger partial charge on any atom is 0.419 e. The number of esters is 2. The average Bonchev–Trinajstić information content (AvgIpc) is 2.67. The molecule has 0 saturated heterocycles. The average molecular weight is 421 g/mol. The molecule has 2 unspecified atom stereocenters. The second kappa shape index (κ2) is 15.5. The molecule has 0 bridgehead atoms. The molecule has 2 atom stereocenters. The number of imide groups is 1. The molecule has 29 heavy (non-hydrogen) atoms. The number of rotatable bonds is 13. The molecule has 0 aromatic rings. The van der Waals surface area contributed by atoms with Crippen molar-refractivity contribution in [2.45, 2.75) is 45.8 Å². The van der Waals surface area contributed by atoms with E-state index in [1.807, 2.05) is 0 Å². The van der Waals surface area contributed by atoms with E-state index in [1.54, 1.807) is 6.92 Å². The fourth-order valence-corrected chi connectivity index (χ4v) is 2.02. The van der Waals surface area contributed by atoms with Crippen LogP contribution in [0.5, 0.6) is 0 Å². The quantitative estimate of drug-likeness (QED) is 0.319. The largest absolute Gasteiger partial charge is 0.466 e. The molecule has 2 amide bonds. The summed E-state index contributed by atoms with van der Waals surface area (Å²) >= 11 is 0. The fourth-order valence-electron chi connectivity index (χ4n) is 2.02. The van der Waals surface area contributed by atoms with Gasteiger partial charge in [0.2, 0.25) is 0 Å². The number of carbonyl (C=O) groups excluding carboxylic acids is 4. The first-order chi connectivity index (χ1) is 13.7. The van der Waals surface area contributed by atoms with Gasteiger partial charge in [0.15, 0.2) is 0 Å². The summed E-state index contributed by atoms with van der Waals surface area (Å²) in [4.78, 5) is 46.6. The summed E-state index contributed by atoms with van der Waals surface area (Å²) in [6.07, 6.45) is -2.10. The van der Waals surface area contributed by atoms with E-state index in [0.29, 0.717) is 12.8 Å². The predicted molar refractivity (Wildman–Crippen MR) is 99.2 cm³/mol. The van der Waals surface area contributed by atoms with Gasteiger partial charge in [-0.3, -0.25) is 9.59 Å². The Labute approximate surface area is 170 Å². The third-order valence-electron chi connectivity index (χ3n) is 3.70. The van der Waals surface area contributed by atoms with Crippen LogP contribution in [0.15, 0.2) is 0 Å². The Balaban J connectivity index is 4.42. The van der Waals surface area contributed by atoms with Crippen molar-refractivity contribution in [2.75, 3.05) is 47.2 Å². The van der Waals surface area contributed by atoms with Gasteiger partial charge in [0.25, 0.3) is 0 Å². The SMILES string of the molecule is CCN(C(=O)OCC(CCOC(C)=O)OC)C(=O)OCC(CCOC(C)=O)OC. The highest BCUT2D eigenvalue weighted by Crippen LogP contribution is 2.06. The fraction of sp³-hybridized carbons (Fsp3) is 0.778. The number of methoxy groups -OCH3 is 2. The van der Waals surface area contributed by atoms with Crippen molar-refractivity contribution < 1.29 is 47.6 Å². The second-order valence-corrected chi connectivity index (χ2v) is 5.87. The third kappa shape index (κ3) is 12.6. The summed E-state index contributed by atoms with van der Waals surface area (Å²) in [5.74, 6) is -0.835. The first kappa shape index (κ1) is 26.6. The smallest absolute Gasteiger partial charge is 0.419 e. The summed E-state index contributed by atoms with van der Waals surface area (Å²) < 4.78 is 30.1. The van der Waals surface area contributed by atoms with Gasteiger partial charge in [0.1, 0.15) is 13.2 Å². The van der Waals surface area contributed by atoms with E-state index in [-0.39, 0.29) is 33.0 Å². The van der Waals surface area contributed by atoms with Gasteiger partial charge in [0.05, 0.1) is 25.4 Å². The highest BCUT2D eigenvalue weighted by molar-refractivity contribution is 5.87. The van der Waals surface area contributed by atoms with E-state index in [9.17, 15) is 19.2 Å². The number of hydrogen-bond acceptors (Lipinski definition) is 10. The molecule has 0 aliphatic rings. The van der Waals surface area contributed by atoms with Gasteiger partial charge in [-0.15, -0.1) is 0 Å². The second-order valence-electron chi connectivity index (χ2n) is 5.87. The molecule has 0 radical (unpaired) electrons. The van der Waals surface area contributed by atoms with Crippen LogP contribution < -0.4 is 0 Å². The van der Waals surface area contributed by atoms with Crippen LogP contribution in [0.2, 0.25) is 0 Å². The van der Waals surface area contributed by atoms with E-state index < -0.39 is 36.3 Å². The van der Waals surface area contributed by atoms with Crippen LogP contribution in [0.4, 0.5) is 9.59 Å². The lowest BCUT2D eigenvalue weighted by atomic mass is 10.3. The third-order valence-corrected chi connectivity index (χ3v) is 3.70. The summed E-state index contributed by atoms with van der Waals surface area (Å²) in [5, 5.41) is 0. The zero-order valence-electron chi connectivity index (χ0n) is 17.6. The highest BCUT2D eigenvalue weighted by Gasteiger charge is 2.25. The number of carbonyl (C=O) groups is 4. The normalized spacial score (nSPS) is 12.4. The lowest BCUT2D eigenvalue weighted by Gasteiger charge is -2.22. The molecule has 0 spiro atoms. The van der Waals surface area contributed by atoms with Gasteiger partial charge >= 0.3 is 24.1 Å². The molecule has 0 aliphatic heterocycles. The summed E-state index contributed by atoms with van der Waals surface area (Å²) in [6.45, 7) is 4.20. The lowest BCUT2D eigenvalue weighted by molar-refractivity contribution is -0.142. The summed E-state index contributed by atoms with van der Waals surface area (Å²) in [7, 11) is 2.86. The molecule has 0 heterocycles. The van der Waals surface area contributed by atoms with Gasteiger partial charge in [-0.05, 0) is 6.92 Å². The maximum absolute atomic E-state index is 12.2. The minimum absolute atomic E-state index is 0.0356. The van der Waals surface area contributed by atoms with E-state index in [4.69, 9.17) is 28.4 Å². The lowest BCUT2D eigenvalue weighted by Crippen LogP contribution is -2.40. The molecule has 0 N–H and O–H groups in total. The van der Waals surface area contributed by atoms with Gasteiger partial charge in [-0.25, -0.2) is 14.5 Å². The molecule has 0 aromatic heterocycles. The minimum Gasteiger partial charge on any atom is -0.466 e. The van der Waals surface area contributed by atoms with Crippen LogP contribution in [0.25, 0.3) is 0 Å². The van der Waals surface area contributed by atoms with E-state index in [1.165, 1.54) is 28.1 Å². The van der Waals surface area contributed by atoms with Crippen LogP contribution in [0, 0.1) is 0 Å². The Morgan fingerprint density at radius 1 is 0.724 bits per heavy atom. The Kier molecular flexibility index (Phi) is 14.2. The summed E-state index contributed by atoms with van der Waals surface area (Å²) in [6, 6.07) is 0. The number of nitrogens with zero attached hydrogens (tertiary/aromatic N) is 1. The number of ether oxygens (including phenoxy) is 6. The maximum atomic E-state index is 12.2. The van der Waals surface area contributed by atoms with Crippen molar-refractivity contribution in [1.82, 2.24) is 4.90 Å². The van der Waals surface area contributed by atoms with Crippen molar-refractivity contribution in [2.24, 2.45) is 0 Å². The van der Waals surface area contributed by atoms with Gasteiger partial charge in [0, 0.05) is 47.5 Å². The van der Waals surface area contributed by atoms with E-state index >= 15 is 0 Å². The molecule has 0 aliphatic carbocycles. The van der Waals surface area contributed by atoms with E-state index in [0.717, 1.165) is 4.90 Å². The molecule has 168 valence electrons. The van der Waals surface area contributed by atoms with Crippen LogP contribution in [-0.4, -0.2) is 88.4 Å². The molecular weight excluding hydrogens is 390 g/mol. The molecular formula is C18H31NO10. The molecule has 0 aromatic carbocycles. The molecule has 11 heteroatoms. The van der Waals surface area contributed by atoms with Crippen LogP contribution in [0.1, 0.15) is 33.6 Å². The monoisotopic (exact) mass is 421 g/mol. The van der Waals surface area contributed by atoms with Crippen molar-refractivity contribution >= 4 is 24.1 Å². The van der Waals surface area contributed by atoms with Crippen LogP contribution >= 0.6 is 0 Å². The highest BCUT2D eigenvalue weighted by atomic mass is 16.6. The molecule has 0 saturated carbocycles. The Morgan fingerprint density at radius 2 is 1.10 bits per heavy atom. The van der Waals surface area contributed by atoms with Crippen molar-refractivity contribution in [3.8, 4) is 0 Å². The van der Waals surface area contributed by atoms with E-state index in [2.05, 4.69) is 0 Å². The standard InChI is InChI=1S/C18H31NO10/c1-6-19(17(22)28-11-15(24-4)7-9-26-13(2)20)18(23)29-12-16(25-5)8-10-27-14(3)21/h15-16H,6-12H2,1-5H3. The first-order valence-corrected chi connectivity index (χ1v) is 9.18. The van der Waals surface area contributed by atoms with Gasteiger partial charge < -0.3 is 28.4 Å². The van der Waals surface area contributed by atoms with Crippen molar-refractivity contribution in [3.05, 3.63) is 0 Å². The molecule has 0 rings (SSSR count). The molecule has 0 fully saturated rings. The number of hydrogen-bond donors (Lipinski definition) is 0. The number of amides is 2. The summed E-state index contributed by atoms with van der Waals surface area (Å²) in [5.41, 5.74) is 0. The van der Waals surface area contributed by atoms with Gasteiger partial charge in [-0.2, -0.15) is 0 Å². The van der Waals surface area contributed by atoms with Crippen LogP contribution in [-0.2, 0) is 38.0 Å². The minimum atomic E-state index is -0.888. The zero-order valence-corrected chi connectivity index (χ0v) is 17.6. The Hall–Kier alpha value is -2.40. The van der Waals surface area contributed by atoms with Gasteiger partial charge in [-0.1, -0.05) is 0 Å². The van der Waals surface area contributed by atoms with Crippen LogP contribution in [0.3, 0.4) is 0 Å². The Bertz CT molecular complexity index is 481. The Morgan fingerprint density at radius 3 is 1.38 bits per heavy atom.